The maximum Gasteiger partial charge on any atom is 0.407 e. The number of carbonyl (C=O) groups excluding carboxylic acids is 1. The van der Waals surface area contributed by atoms with Crippen LogP contribution in [0.5, 0.6) is 5.88 Å². The lowest BCUT2D eigenvalue weighted by atomic mass is 9.95. The minimum absolute atomic E-state index is 0.0383. The molecule has 0 spiro atoms. The number of nitrogens with one attached hydrogen (secondary N) is 1. The molecule has 1 atom stereocenters. The summed E-state index contributed by atoms with van der Waals surface area (Å²) in [5, 5.41) is 14.1. The highest BCUT2D eigenvalue weighted by molar-refractivity contribution is 5.83. The quantitative estimate of drug-likeness (QED) is 0.753. The fourth-order valence-electron chi connectivity index (χ4n) is 3.90. The maximum atomic E-state index is 12.0. The zero-order valence-electron chi connectivity index (χ0n) is 18.4. The number of alkyl carbamates (subject to hydrolysis) is 1. The van der Waals surface area contributed by atoms with Crippen LogP contribution in [0.2, 0.25) is 0 Å². The van der Waals surface area contributed by atoms with Crippen LogP contribution in [0, 0.1) is 0 Å². The summed E-state index contributed by atoms with van der Waals surface area (Å²) in [5.41, 5.74) is 1.41. The number of likely N-dealkylation sites (tertiary alicyclic amines) is 1. The molecular formula is C23H33N3O4. The molecule has 2 N–H and O–H groups in total. The molecule has 30 heavy (non-hydrogen) atoms. The lowest BCUT2D eigenvalue weighted by molar-refractivity contribution is 0.0476. The van der Waals surface area contributed by atoms with Crippen molar-refractivity contribution in [2.45, 2.75) is 51.2 Å². The molecule has 3 rings (SSSR count). The van der Waals surface area contributed by atoms with Gasteiger partial charge in [-0.25, -0.2) is 9.78 Å². The van der Waals surface area contributed by atoms with Crippen molar-refractivity contribution in [3.63, 3.8) is 0 Å². The Labute approximate surface area is 178 Å². The average molecular weight is 416 g/mol. The van der Waals surface area contributed by atoms with E-state index in [4.69, 9.17) is 9.47 Å². The number of fused-ring (bicyclic) bond motifs is 1. The second kappa shape index (κ2) is 9.62. The number of aliphatic hydroxyl groups excluding tert-OH is 1. The van der Waals surface area contributed by atoms with Gasteiger partial charge in [-0.05, 0) is 45.2 Å². The summed E-state index contributed by atoms with van der Waals surface area (Å²) >= 11 is 0. The van der Waals surface area contributed by atoms with Gasteiger partial charge in [0, 0.05) is 43.0 Å². The second-order valence-electron chi connectivity index (χ2n) is 8.87. The third-order valence-electron chi connectivity index (χ3n) is 5.38. The summed E-state index contributed by atoms with van der Waals surface area (Å²) < 4.78 is 10.6. The van der Waals surface area contributed by atoms with Crippen LogP contribution in [-0.4, -0.2) is 66.1 Å². The summed E-state index contributed by atoms with van der Waals surface area (Å²) in [5.74, 6) is 0.532. The highest BCUT2D eigenvalue weighted by atomic mass is 16.6. The fourth-order valence-corrected chi connectivity index (χ4v) is 3.90. The molecule has 1 unspecified atom stereocenters. The number of methoxy groups -OCH3 is 1. The van der Waals surface area contributed by atoms with Gasteiger partial charge in [0.05, 0.1) is 19.2 Å². The van der Waals surface area contributed by atoms with Gasteiger partial charge in [-0.15, -0.1) is 0 Å². The van der Waals surface area contributed by atoms with Crippen molar-refractivity contribution in [2.75, 3.05) is 33.4 Å². The van der Waals surface area contributed by atoms with Gasteiger partial charge >= 0.3 is 6.09 Å². The van der Waals surface area contributed by atoms with E-state index >= 15 is 0 Å². The van der Waals surface area contributed by atoms with E-state index in [9.17, 15) is 9.90 Å². The second-order valence-corrected chi connectivity index (χ2v) is 8.87. The number of piperidine rings is 1. The monoisotopic (exact) mass is 415 g/mol. The number of aliphatic hydroxyl groups is 1. The highest BCUT2D eigenvalue weighted by Gasteiger charge is 2.26. The topological polar surface area (TPSA) is 83.9 Å². The summed E-state index contributed by atoms with van der Waals surface area (Å²) in [6.07, 6.45) is 1.36. The lowest BCUT2D eigenvalue weighted by Crippen LogP contribution is -2.47. The first-order valence-corrected chi connectivity index (χ1v) is 10.6. The number of carbonyl (C=O) groups is 1. The van der Waals surface area contributed by atoms with E-state index in [2.05, 4.69) is 15.2 Å². The Balaban J connectivity index is 1.61. The summed E-state index contributed by atoms with van der Waals surface area (Å²) in [6, 6.07) is 10.0. The normalized spacial score (nSPS) is 17.0. The Bertz CT molecular complexity index is 857. The third-order valence-corrected chi connectivity index (χ3v) is 5.38. The molecule has 164 valence electrons. The van der Waals surface area contributed by atoms with Crippen LogP contribution >= 0.6 is 0 Å². The van der Waals surface area contributed by atoms with Crippen molar-refractivity contribution >= 4 is 17.0 Å². The van der Waals surface area contributed by atoms with Gasteiger partial charge in [-0.2, -0.15) is 0 Å². The largest absolute Gasteiger partial charge is 0.481 e. The molecule has 1 aromatic carbocycles. The molecule has 1 fully saturated rings. The summed E-state index contributed by atoms with van der Waals surface area (Å²) in [6.45, 7) is 8.10. The Morgan fingerprint density at radius 1 is 1.27 bits per heavy atom. The Kier molecular flexibility index (Phi) is 7.15. The van der Waals surface area contributed by atoms with Crippen molar-refractivity contribution in [3.8, 4) is 5.88 Å². The maximum absolute atomic E-state index is 12.0. The third kappa shape index (κ3) is 5.83. The van der Waals surface area contributed by atoms with Gasteiger partial charge in [-0.1, -0.05) is 18.2 Å². The standard InChI is InChI=1S/C23H33N3O4/c1-23(2,3)30-22(28)24-18-10-12-26(13-11-18)14-17(15-27)19-7-5-6-16-8-9-20(29-4)25-21(16)19/h5-9,17-18,27H,10-15H2,1-4H3,(H,24,28). The van der Waals surface area contributed by atoms with Crippen LogP contribution < -0.4 is 10.1 Å². The molecule has 2 heterocycles. The molecule has 2 aromatic rings. The van der Waals surface area contributed by atoms with Crippen LogP contribution in [0.15, 0.2) is 30.3 Å². The molecule has 0 saturated carbocycles. The van der Waals surface area contributed by atoms with Crippen LogP contribution in [0.3, 0.4) is 0 Å². The number of para-hydroxylation sites is 1. The SMILES string of the molecule is COc1ccc2cccc(C(CO)CN3CCC(NC(=O)OC(C)(C)C)CC3)c2n1. The first-order valence-electron chi connectivity index (χ1n) is 10.6. The van der Waals surface area contributed by atoms with Crippen LogP contribution in [0.25, 0.3) is 10.9 Å². The molecule has 1 aromatic heterocycles. The van der Waals surface area contributed by atoms with Gasteiger partial charge < -0.3 is 24.8 Å². The van der Waals surface area contributed by atoms with Gasteiger partial charge in [0.15, 0.2) is 0 Å². The lowest BCUT2D eigenvalue weighted by Gasteiger charge is -2.34. The molecule has 7 nitrogen and oxygen atoms in total. The minimum Gasteiger partial charge on any atom is -0.481 e. The molecule has 1 aliphatic heterocycles. The number of hydrogen-bond donors (Lipinski definition) is 2. The molecule has 0 bridgehead atoms. The number of ether oxygens (including phenoxy) is 2. The predicted molar refractivity (Wildman–Crippen MR) is 117 cm³/mol. The van der Waals surface area contributed by atoms with Crippen LogP contribution in [0.1, 0.15) is 45.1 Å². The Morgan fingerprint density at radius 2 is 2.00 bits per heavy atom. The van der Waals surface area contributed by atoms with Gasteiger partial charge in [0.1, 0.15) is 5.60 Å². The molecular weight excluding hydrogens is 382 g/mol. The van der Waals surface area contributed by atoms with E-state index in [1.165, 1.54) is 0 Å². The van der Waals surface area contributed by atoms with Gasteiger partial charge in [0.2, 0.25) is 5.88 Å². The van der Waals surface area contributed by atoms with E-state index in [1.54, 1.807) is 7.11 Å². The molecule has 1 aliphatic rings. The zero-order valence-corrected chi connectivity index (χ0v) is 18.4. The van der Waals surface area contributed by atoms with Crippen molar-refractivity contribution in [3.05, 3.63) is 35.9 Å². The number of pyridine rings is 1. The van der Waals surface area contributed by atoms with E-state index in [0.29, 0.717) is 5.88 Å². The first-order chi connectivity index (χ1) is 14.3. The Morgan fingerprint density at radius 3 is 2.63 bits per heavy atom. The smallest absolute Gasteiger partial charge is 0.407 e. The van der Waals surface area contributed by atoms with Gasteiger partial charge in [0.25, 0.3) is 0 Å². The number of amides is 1. The molecule has 0 aliphatic carbocycles. The molecule has 1 saturated heterocycles. The average Bonchev–Trinajstić information content (AvgIpc) is 2.71. The van der Waals surface area contributed by atoms with Crippen molar-refractivity contribution in [1.29, 1.82) is 0 Å². The van der Waals surface area contributed by atoms with Crippen LogP contribution in [0.4, 0.5) is 4.79 Å². The van der Waals surface area contributed by atoms with Gasteiger partial charge in [-0.3, -0.25) is 0 Å². The Hall–Kier alpha value is -2.38. The molecule has 0 radical (unpaired) electrons. The fraction of sp³-hybridized carbons (Fsp3) is 0.565. The number of benzene rings is 1. The highest BCUT2D eigenvalue weighted by Crippen LogP contribution is 2.27. The number of aromatic nitrogens is 1. The van der Waals surface area contributed by atoms with Crippen molar-refractivity contribution < 1.29 is 19.4 Å². The summed E-state index contributed by atoms with van der Waals surface area (Å²) in [4.78, 5) is 19.0. The van der Waals surface area contributed by atoms with E-state index in [0.717, 1.165) is 48.9 Å². The van der Waals surface area contributed by atoms with Crippen molar-refractivity contribution in [2.24, 2.45) is 0 Å². The minimum atomic E-state index is -0.492. The number of nitrogens with zero attached hydrogens (tertiary/aromatic N) is 2. The molecule has 1 amide bonds. The zero-order chi connectivity index (χ0) is 21.7. The summed E-state index contributed by atoms with van der Waals surface area (Å²) in [7, 11) is 1.61. The first kappa shape index (κ1) is 22.3. The molecule has 7 heteroatoms. The van der Waals surface area contributed by atoms with Crippen molar-refractivity contribution in [1.82, 2.24) is 15.2 Å². The van der Waals surface area contributed by atoms with E-state index < -0.39 is 5.60 Å². The number of hydrogen-bond acceptors (Lipinski definition) is 6. The predicted octanol–water partition coefficient (Wildman–Crippen LogP) is 3.31. The van der Waals surface area contributed by atoms with E-state index in [1.807, 2.05) is 51.1 Å². The van der Waals surface area contributed by atoms with Crippen LogP contribution in [-0.2, 0) is 4.74 Å². The van der Waals surface area contributed by atoms with E-state index in [-0.39, 0.29) is 24.7 Å². The number of rotatable bonds is 6.